The number of rotatable bonds is 13. The number of nitrogens with one attached hydrogen (secondary N) is 1. The maximum atomic E-state index is 14.5. The molecule has 0 spiro atoms. The first-order chi connectivity index (χ1) is 21.5. The molecule has 9 heteroatoms. The summed E-state index contributed by atoms with van der Waals surface area (Å²) in [4.78, 5) is 30.0. The van der Waals surface area contributed by atoms with Crippen LogP contribution in [0.3, 0.4) is 0 Å². The number of sulfonamides is 1. The Kier molecular flexibility index (Phi) is 11.4. The second-order valence-corrected chi connectivity index (χ2v) is 13.6. The molecule has 236 valence electrons. The highest BCUT2D eigenvalue weighted by molar-refractivity contribution is 7.92. The van der Waals surface area contributed by atoms with Crippen LogP contribution in [-0.4, -0.2) is 43.8 Å². The summed E-state index contributed by atoms with van der Waals surface area (Å²) >= 11 is 6.15. The lowest BCUT2D eigenvalue weighted by atomic mass is 10.0. The normalized spacial score (nSPS) is 12.6. The summed E-state index contributed by atoms with van der Waals surface area (Å²) in [6, 6.07) is 29.1. The van der Waals surface area contributed by atoms with E-state index in [-0.39, 0.29) is 29.8 Å². The molecule has 7 nitrogen and oxygen atoms in total. The Morgan fingerprint density at radius 1 is 0.822 bits per heavy atom. The van der Waals surface area contributed by atoms with Crippen LogP contribution in [0.1, 0.15) is 42.5 Å². The minimum atomic E-state index is -4.15. The van der Waals surface area contributed by atoms with Gasteiger partial charge < -0.3 is 10.2 Å². The smallest absolute Gasteiger partial charge is 0.264 e. The van der Waals surface area contributed by atoms with E-state index in [0.717, 1.165) is 26.6 Å². The number of halogens is 1. The van der Waals surface area contributed by atoms with Crippen molar-refractivity contribution in [2.45, 2.75) is 64.1 Å². The molecule has 0 aliphatic carbocycles. The van der Waals surface area contributed by atoms with E-state index in [1.165, 1.54) is 4.90 Å². The lowest BCUT2D eigenvalue weighted by molar-refractivity contribution is -0.140. The van der Waals surface area contributed by atoms with Crippen molar-refractivity contribution < 1.29 is 18.0 Å². The Hall–Kier alpha value is -4.14. The number of amides is 2. The zero-order valence-corrected chi connectivity index (χ0v) is 27.7. The molecule has 4 aromatic rings. The molecule has 0 heterocycles. The van der Waals surface area contributed by atoms with Crippen LogP contribution in [0.4, 0.5) is 5.69 Å². The van der Waals surface area contributed by atoms with Crippen LogP contribution in [0.15, 0.2) is 108 Å². The molecule has 0 unspecified atom stereocenters. The molecule has 0 saturated heterocycles. The van der Waals surface area contributed by atoms with Gasteiger partial charge in [0, 0.05) is 24.0 Å². The Labute approximate surface area is 271 Å². The van der Waals surface area contributed by atoms with Crippen molar-refractivity contribution in [3.05, 3.63) is 130 Å². The molecule has 2 amide bonds. The van der Waals surface area contributed by atoms with E-state index in [9.17, 15) is 18.0 Å². The summed E-state index contributed by atoms with van der Waals surface area (Å²) in [7, 11) is -4.15. The van der Waals surface area contributed by atoms with Crippen LogP contribution in [-0.2, 0) is 32.6 Å². The van der Waals surface area contributed by atoms with E-state index in [2.05, 4.69) is 5.32 Å². The third kappa shape index (κ3) is 8.96. The summed E-state index contributed by atoms with van der Waals surface area (Å²) in [5.41, 5.74) is 3.75. The van der Waals surface area contributed by atoms with E-state index >= 15 is 0 Å². The number of benzene rings is 4. The average molecular weight is 646 g/mol. The van der Waals surface area contributed by atoms with Crippen LogP contribution in [0.2, 0.25) is 5.02 Å². The van der Waals surface area contributed by atoms with Crippen molar-refractivity contribution in [3.8, 4) is 0 Å². The van der Waals surface area contributed by atoms with E-state index in [1.54, 1.807) is 66.7 Å². The van der Waals surface area contributed by atoms with Crippen LogP contribution in [0.25, 0.3) is 0 Å². The zero-order chi connectivity index (χ0) is 32.6. The first-order valence-corrected chi connectivity index (χ1v) is 16.8. The Bertz CT molecular complexity index is 1690. The molecule has 0 saturated carbocycles. The second-order valence-electron chi connectivity index (χ2n) is 11.3. The Morgan fingerprint density at radius 3 is 2.11 bits per heavy atom. The molecule has 1 N–H and O–H groups in total. The number of carbonyl (C=O) groups is 2. The van der Waals surface area contributed by atoms with Crippen molar-refractivity contribution in [2.75, 3.05) is 10.8 Å². The molecule has 4 aromatic carbocycles. The molecule has 0 fully saturated rings. The highest BCUT2D eigenvalue weighted by Gasteiger charge is 2.35. The topological polar surface area (TPSA) is 86.8 Å². The standard InChI is InChI=1S/C36H40ClN3O4S/c1-5-28(4)38-36(42)34(23-29-11-7-6-8-12-29)39(24-30-16-18-31(37)19-17-30)35(41)25-40(32-13-9-10-27(3)22-32)45(43,44)33-20-14-26(2)15-21-33/h6-22,28,34H,5,23-25H2,1-4H3,(H,38,42)/t28-,34+/m0/s1. The second kappa shape index (κ2) is 15.2. The van der Waals surface area contributed by atoms with Gasteiger partial charge in [-0.3, -0.25) is 13.9 Å². The molecule has 45 heavy (non-hydrogen) atoms. The fourth-order valence-electron chi connectivity index (χ4n) is 4.93. The molecule has 0 aliphatic rings. The Morgan fingerprint density at radius 2 is 1.49 bits per heavy atom. The summed E-state index contributed by atoms with van der Waals surface area (Å²) in [6.45, 7) is 7.21. The lowest BCUT2D eigenvalue weighted by Crippen LogP contribution is -2.54. The first-order valence-electron chi connectivity index (χ1n) is 15.0. The summed E-state index contributed by atoms with van der Waals surface area (Å²) in [5, 5.41) is 3.59. The molecular formula is C36H40ClN3O4S. The molecule has 0 radical (unpaired) electrons. The minimum absolute atomic E-state index is 0.0713. The van der Waals surface area contributed by atoms with E-state index in [0.29, 0.717) is 17.1 Å². The van der Waals surface area contributed by atoms with Gasteiger partial charge in [0.1, 0.15) is 12.6 Å². The van der Waals surface area contributed by atoms with Gasteiger partial charge in [-0.2, -0.15) is 0 Å². The van der Waals surface area contributed by atoms with Crippen LogP contribution < -0.4 is 9.62 Å². The largest absolute Gasteiger partial charge is 0.352 e. The third-order valence-electron chi connectivity index (χ3n) is 7.72. The van der Waals surface area contributed by atoms with Crippen LogP contribution in [0.5, 0.6) is 0 Å². The number of aryl methyl sites for hydroxylation is 2. The van der Waals surface area contributed by atoms with Crippen molar-refractivity contribution in [1.82, 2.24) is 10.2 Å². The monoisotopic (exact) mass is 645 g/mol. The quantitative estimate of drug-likeness (QED) is 0.175. The van der Waals surface area contributed by atoms with Gasteiger partial charge in [-0.15, -0.1) is 0 Å². The van der Waals surface area contributed by atoms with Gasteiger partial charge in [0.25, 0.3) is 10.0 Å². The summed E-state index contributed by atoms with van der Waals surface area (Å²) in [6.07, 6.45) is 0.961. The van der Waals surface area contributed by atoms with Gasteiger partial charge in [-0.1, -0.05) is 90.8 Å². The predicted octanol–water partition coefficient (Wildman–Crippen LogP) is 6.71. The number of hydrogen-bond donors (Lipinski definition) is 1. The van der Waals surface area contributed by atoms with Gasteiger partial charge in [-0.05, 0) is 80.3 Å². The van der Waals surface area contributed by atoms with Gasteiger partial charge in [0.2, 0.25) is 11.8 Å². The lowest BCUT2D eigenvalue weighted by Gasteiger charge is -2.34. The number of carbonyl (C=O) groups excluding carboxylic acids is 2. The SMILES string of the molecule is CC[C@H](C)NC(=O)[C@@H](Cc1ccccc1)N(Cc1ccc(Cl)cc1)C(=O)CN(c1cccc(C)c1)S(=O)(=O)c1ccc(C)cc1. The van der Waals surface area contributed by atoms with E-state index in [4.69, 9.17) is 11.6 Å². The van der Waals surface area contributed by atoms with Gasteiger partial charge >= 0.3 is 0 Å². The maximum Gasteiger partial charge on any atom is 0.264 e. The predicted molar refractivity (Wildman–Crippen MR) is 181 cm³/mol. The van der Waals surface area contributed by atoms with Crippen LogP contribution in [0, 0.1) is 13.8 Å². The van der Waals surface area contributed by atoms with Gasteiger partial charge in [0.05, 0.1) is 10.6 Å². The number of hydrogen-bond acceptors (Lipinski definition) is 4. The van der Waals surface area contributed by atoms with E-state index < -0.39 is 28.5 Å². The molecule has 0 aromatic heterocycles. The highest BCUT2D eigenvalue weighted by Crippen LogP contribution is 2.26. The molecule has 4 rings (SSSR count). The highest BCUT2D eigenvalue weighted by atomic mass is 35.5. The zero-order valence-electron chi connectivity index (χ0n) is 26.1. The number of anilines is 1. The van der Waals surface area contributed by atoms with Gasteiger partial charge in [0.15, 0.2) is 0 Å². The summed E-state index contributed by atoms with van der Waals surface area (Å²) < 4.78 is 29.4. The fraction of sp³-hybridized carbons (Fsp3) is 0.278. The van der Waals surface area contributed by atoms with Crippen molar-refractivity contribution >= 4 is 39.1 Å². The minimum Gasteiger partial charge on any atom is -0.352 e. The number of nitrogens with zero attached hydrogens (tertiary/aromatic N) is 2. The molecule has 0 bridgehead atoms. The van der Waals surface area contributed by atoms with Gasteiger partial charge in [-0.25, -0.2) is 8.42 Å². The first kappa shape index (κ1) is 33.7. The molecule has 0 aliphatic heterocycles. The molecular weight excluding hydrogens is 606 g/mol. The van der Waals surface area contributed by atoms with E-state index in [1.807, 2.05) is 64.1 Å². The maximum absolute atomic E-state index is 14.5. The van der Waals surface area contributed by atoms with Crippen LogP contribution >= 0.6 is 11.6 Å². The van der Waals surface area contributed by atoms with Crippen molar-refractivity contribution in [3.63, 3.8) is 0 Å². The molecule has 2 atom stereocenters. The third-order valence-corrected chi connectivity index (χ3v) is 9.76. The Balaban J connectivity index is 1.80. The average Bonchev–Trinajstić information content (AvgIpc) is 3.02. The van der Waals surface area contributed by atoms with Crippen molar-refractivity contribution in [1.29, 1.82) is 0 Å². The fourth-order valence-corrected chi connectivity index (χ4v) is 6.46. The summed E-state index contributed by atoms with van der Waals surface area (Å²) in [5.74, 6) is -0.818. The van der Waals surface area contributed by atoms with Crippen molar-refractivity contribution in [2.24, 2.45) is 0 Å².